The van der Waals surface area contributed by atoms with Gasteiger partial charge in [0.25, 0.3) is 0 Å². The number of benzene rings is 2. The van der Waals surface area contributed by atoms with Crippen LogP contribution in [0.3, 0.4) is 0 Å². The van der Waals surface area contributed by atoms with E-state index in [0.29, 0.717) is 17.8 Å². The number of hydrogen-bond donors (Lipinski definition) is 2. The summed E-state index contributed by atoms with van der Waals surface area (Å²) in [6, 6.07) is 14.7. The molecule has 2 N–H and O–H groups in total. The van der Waals surface area contributed by atoms with Crippen LogP contribution < -0.4 is 5.32 Å². The number of carboxylic acids is 1. The molecule has 2 aromatic carbocycles. The lowest BCUT2D eigenvalue weighted by Gasteiger charge is -2.12. The molecule has 2 aromatic heterocycles. The first-order valence-electron chi connectivity index (χ1n) is 9.03. The van der Waals surface area contributed by atoms with E-state index in [0.717, 1.165) is 26.7 Å². The van der Waals surface area contributed by atoms with Crippen molar-refractivity contribution in [3.8, 4) is 0 Å². The molecule has 4 aromatic rings. The van der Waals surface area contributed by atoms with Crippen molar-refractivity contribution in [3.05, 3.63) is 65.0 Å². The molecule has 1 amide bonds. The number of carbonyl (C=O) groups excluding carboxylic acids is 1. The van der Waals surface area contributed by atoms with E-state index in [1.165, 1.54) is 0 Å². The Morgan fingerprint density at radius 3 is 2.69 bits per heavy atom. The molecule has 0 aliphatic carbocycles. The maximum atomic E-state index is 12.0. The first-order chi connectivity index (χ1) is 13.9. The number of aromatic nitrogens is 1. The number of nitrogens with one attached hydrogen (secondary N) is 1. The zero-order valence-electron chi connectivity index (χ0n) is 16.0. The van der Waals surface area contributed by atoms with Gasteiger partial charge in [-0.1, -0.05) is 18.2 Å². The van der Waals surface area contributed by atoms with Crippen LogP contribution in [0.2, 0.25) is 0 Å². The Morgan fingerprint density at radius 2 is 1.93 bits per heavy atom. The predicted molar refractivity (Wildman–Crippen MR) is 116 cm³/mol. The normalized spacial score (nSPS) is 11.0. The molecule has 0 saturated heterocycles. The quantitative estimate of drug-likeness (QED) is 0.510. The monoisotopic (exact) mass is 405 g/mol. The van der Waals surface area contributed by atoms with Gasteiger partial charge in [-0.15, -0.1) is 11.3 Å². The Balaban J connectivity index is 1.74. The van der Waals surface area contributed by atoms with Crippen molar-refractivity contribution < 1.29 is 14.7 Å². The van der Waals surface area contributed by atoms with Crippen LogP contribution in [-0.2, 0) is 11.2 Å². The molecule has 0 aliphatic rings. The molecule has 4 rings (SSSR count). The number of hydrogen-bond acceptors (Lipinski definition) is 5. The Kier molecular flexibility index (Phi) is 4.90. The lowest BCUT2D eigenvalue weighted by Crippen LogP contribution is -2.23. The SMILES string of the molecule is CN(C)C(=O)Cc1cccc(Nc2nc3cc(C(=O)O)ccc3c3sccc23)c1. The van der Waals surface area contributed by atoms with E-state index in [1.807, 2.05) is 41.8 Å². The largest absolute Gasteiger partial charge is 0.478 e. The molecule has 0 bridgehead atoms. The molecule has 0 atom stereocenters. The van der Waals surface area contributed by atoms with E-state index >= 15 is 0 Å². The van der Waals surface area contributed by atoms with Crippen molar-refractivity contribution in [2.24, 2.45) is 0 Å². The number of fused-ring (bicyclic) bond motifs is 3. The van der Waals surface area contributed by atoms with Crippen molar-refractivity contribution in [1.29, 1.82) is 0 Å². The summed E-state index contributed by atoms with van der Waals surface area (Å²) < 4.78 is 1.05. The molecule has 0 spiro atoms. The second-order valence-electron chi connectivity index (χ2n) is 6.95. The number of anilines is 2. The van der Waals surface area contributed by atoms with Crippen molar-refractivity contribution in [1.82, 2.24) is 9.88 Å². The second kappa shape index (κ2) is 7.52. The summed E-state index contributed by atoms with van der Waals surface area (Å²) in [5, 5.41) is 16.5. The fourth-order valence-electron chi connectivity index (χ4n) is 3.16. The number of aromatic carboxylic acids is 1. The molecule has 146 valence electrons. The van der Waals surface area contributed by atoms with Crippen molar-refractivity contribution in [2.75, 3.05) is 19.4 Å². The van der Waals surface area contributed by atoms with E-state index < -0.39 is 5.97 Å². The minimum absolute atomic E-state index is 0.0346. The van der Waals surface area contributed by atoms with Gasteiger partial charge >= 0.3 is 5.97 Å². The van der Waals surface area contributed by atoms with Gasteiger partial charge in [-0.05, 0) is 41.3 Å². The van der Waals surface area contributed by atoms with Gasteiger partial charge in [0.15, 0.2) is 0 Å². The molecule has 2 heterocycles. The number of carboxylic acid groups (broad SMARTS) is 1. The summed E-state index contributed by atoms with van der Waals surface area (Å²) in [4.78, 5) is 29.6. The van der Waals surface area contributed by atoms with Crippen molar-refractivity contribution >= 4 is 55.7 Å². The van der Waals surface area contributed by atoms with Gasteiger partial charge in [0.1, 0.15) is 5.82 Å². The highest BCUT2D eigenvalue weighted by Gasteiger charge is 2.13. The lowest BCUT2D eigenvalue weighted by molar-refractivity contribution is -0.127. The van der Waals surface area contributed by atoms with E-state index in [-0.39, 0.29) is 11.5 Å². The highest BCUT2D eigenvalue weighted by atomic mass is 32.1. The Labute approximate surface area is 171 Å². The standard InChI is InChI=1S/C22H19N3O3S/c1-25(2)19(26)11-13-4-3-5-15(10-13)23-21-17-8-9-29-20(17)16-7-6-14(22(27)28)12-18(16)24-21/h3-10,12H,11H2,1-2H3,(H,23,24)(H,27,28). The summed E-state index contributed by atoms with van der Waals surface area (Å²) in [7, 11) is 3.48. The number of pyridine rings is 1. The lowest BCUT2D eigenvalue weighted by atomic mass is 10.1. The minimum Gasteiger partial charge on any atom is -0.478 e. The third-order valence-corrected chi connectivity index (χ3v) is 5.63. The first-order valence-corrected chi connectivity index (χ1v) is 9.91. The van der Waals surface area contributed by atoms with Crippen LogP contribution in [0.1, 0.15) is 15.9 Å². The van der Waals surface area contributed by atoms with Gasteiger partial charge in [0.05, 0.1) is 17.5 Å². The Bertz CT molecular complexity index is 1250. The van der Waals surface area contributed by atoms with E-state index in [4.69, 9.17) is 0 Å². The zero-order valence-corrected chi connectivity index (χ0v) is 16.8. The second-order valence-corrected chi connectivity index (χ2v) is 7.87. The number of likely N-dealkylation sites (N-methyl/N-ethyl adjacent to an activating group) is 1. The van der Waals surface area contributed by atoms with Gasteiger partial charge in [-0.25, -0.2) is 9.78 Å². The fraction of sp³-hybridized carbons (Fsp3) is 0.136. The smallest absolute Gasteiger partial charge is 0.335 e. The molecule has 0 radical (unpaired) electrons. The highest BCUT2D eigenvalue weighted by molar-refractivity contribution is 7.18. The number of nitrogens with zero attached hydrogens (tertiary/aromatic N) is 2. The summed E-state index contributed by atoms with van der Waals surface area (Å²) in [5.74, 6) is -0.285. The topological polar surface area (TPSA) is 82.5 Å². The maximum Gasteiger partial charge on any atom is 0.335 e. The van der Waals surface area contributed by atoms with E-state index in [9.17, 15) is 14.7 Å². The summed E-state index contributed by atoms with van der Waals surface area (Å²) in [6.07, 6.45) is 0.323. The molecule has 7 heteroatoms. The molecule has 0 fully saturated rings. The highest BCUT2D eigenvalue weighted by Crippen LogP contribution is 2.35. The summed E-state index contributed by atoms with van der Waals surface area (Å²) >= 11 is 1.59. The molecule has 0 saturated carbocycles. The zero-order chi connectivity index (χ0) is 20.5. The first kappa shape index (κ1) is 18.9. The number of carbonyl (C=O) groups is 2. The number of amides is 1. The van der Waals surface area contributed by atoms with Gasteiger partial charge < -0.3 is 15.3 Å². The Hall–Kier alpha value is -3.45. The maximum absolute atomic E-state index is 12.0. The summed E-state index contributed by atoms with van der Waals surface area (Å²) in [5.41, 5.74) is 2.56. The predicted octanol–water partition coefficient (Wildman–Crippen LogP) is 4.52. The van der Waals surface area contributed by atoms with Gasteiger partial charge in [0.2, 0.25) is 5.91 Å². The third kappa shape index (κ3) is 3.77. The van der Waals surface area contributed by atoms with Crippen LogP contribution >= 0.6 is 11.3 Å². The third-order valence-electron chi connectivity index (χ3n) is 4.69. The molecule has 0 unspecified atom stereocenters. The van der Waals surface area contributed by atoms with Crippen molar-refractivity contribution in [2.45, 2.75) is 6.42 Å². The van der Waals surface area contributed by atoms with Crippen molar-refractivity contribution in [3.63, 3.8) is 0 Å². The molecular weight excluding hydrogens is 386 g/mol. The number of rotatable bonds is 5. The van der Waals surface area contributed by atoms with E-state index in [1.54, 1.807) is 42.5 Å². The van der Waals surface area contributed by atoms with Gasteiger partial charge in [-0.2, -0.15) is 0 Å². The van der Waals surface area contributed by atoms with Crippen LogP contribution in [0.25, 0.3) is 21.0 Å². The summed E-state index contributed by atoms with van der Waals surface area (Å²) in [6.45, 7) is 0. The average Bonchev–Trinajstić information content (AvgIpc) is 3.18. The Morgan fingerprint density at radius 1 is 1.10 bits per heavy atom. The molecule has 29 heavy (non-hydrogen) atoms. The van der Waals surface area contributed by atoms with Crippen LogP contribution in [0.15, 0.2) is 53.9 Å². The van der Waals surface area contributed by atoms with Crippen LogP contribution in [0.4, 0.5) is 11.5 Å². The van der Waals surface area contributed by atoms with Crippen LogP contribution in [-0.4, -0.2) is 41.0 Å². The van der Waals surface area contributed by atoms with Gasteiger partial charge in [-0.3, -0.25) is 4.79 Å². The molecular formula is C22H19N3O3S. The van der Waals surface area contributed by atoms with Crippen LogP contribution in [0.5, 0.6) is 0 Å². The van der Waals surface area contributed by atoms with E-state index in [2.05, 4.69) is 10.3 Å². The minimum atomic E-state index is -0.979. The number of thiophene rings is 1. The van der Waals surface area contributed by atoms with Crippen LogP contribution in [0, 0.1) is 0 Å². The fourth-order valence-corrected chi connectivity index (χ4v) is 4.09. The average molecular weight is 405 g/mol. The van der Waals surface area contributed by atoms with Gasteiger partial charge in [0, 0.05) is 35.3 Å². The molecule has 0 aliphatic heterocycles. The molecule has 6 nitrogen and oxygen atoms in total.